The van der Waals surface area contributed by atoms with Crippen molar-refractivity contribution in [1.29, 1.82) is 0 Å². The third-order valence-electron chi connectivity index (χ3n) is 15.0. The van der Waals surface area contributed by atoms with Crippen LogP contribution in [0.5, 0.6) is 0 Å². The zero-order chi connectivity index (χ0) is 73.6. The van der Waals surface area contributed by atoms with Gasteiger partial charge in [0.05, 0.1) is 139 Å². The Balaban J connectivity index is 1.34. The Morgan fingerprint density at radius 2 is 0.640 bits per heavy atom. The van der Waals surface area contributed by atoms with Gasteiger partial charge in [0.25, 0.3) is 0 Å². The Hall–Kier alpha value is -5.20. The van der Waals surface area contributed by atoms with Crippen LogP contribution in [0.4, 0.5) is 0 Å². The first-order chi connectivity index (χ1) is 48.0. The lowest BCUT2D eigenvalue weighted by molar-refractivity contribution is -0.272. The van der Waals surface area contributed by atoms with Crippen molar-refractivity contribution < 1.29 is 160 Å². The molecule has 0 radical (unpaired) electrons. The Kier molecular flexibility index (Phi) is 46.9. The third kappa shape index (κ3) is 36.3. The van der Waals surface area contributed by atoms with Gasteiger partial charge in [-0.3, -0.25) is 33.6 Å². The van der Waals surface area contributed by atoms with Crippen LogP contribution < -0.4 is 37.2 Å². The number of carbonyl (C=O) groups excluding carboxylic acids is 7. The fraction of sp³-hybridized carbons (Fsp3) is 0.867. The van der Waals surface area contributed by atoms with Crippen molar-refractivity contribution in [2.45, 2.75) is 163 Å². The molecule has 0 aliphatic carbocycles. The van der Waals surface area contributed by atoms with E-state index in [2.05, 4.69) is 37.2 Å². The van der Waals surface area contributed by atoms with E-state index < -0.39 is 178 Å². The van der Waals surface area contributed by atoms with E-state index in [4.69, 9.17) is 71.1 Å². The number of aliphatic carboxylic acids is 1. The summed E-state index contributed by atoms with van der Waals surface area (Å²) in [4.78, 5) is 98.8. The monoisotopic (exact) mass is 1450 g/mol. The van der Waals surface area contributed by atoms with Crippen LogP contribution in [0.1, 0.15) is 59.3 Å². The minimum absolute atomic E-state index is 0.0161. The van der Waals surface area contributed by atoms with Crippen molar-refractivity contribution in [2.24, 2.45) is 0 Å². The lowest BCUT2D eigenvalue weighted by Gasteiger charge is -2.42. The van der Waals surface area contributed by atoms with Gasteiger partial charge >= 0.3 is 5.97 Å². The van der Waals surface area contributed by atoms with Gasteiger partial charge in [-0.05, 0) is 38.5 Å². The van der Waals surface area contributed by atoms with Crippen molar-refractivity contribution in [3.05, 3.63) is 0 Å². The maximum absolute atomic E-state index is 13.6. The van der Waals surface area contributed by atoms with Gasteiger partial charge in [0.1, 0.15) is 105 Å². The highest BCUT2D eigenvalue weighted by Crippen LogP contribution is 2.25. The molecule has 100 heavy (non-hydrogen) atoms. The number of aliphatic hydroxyl groups is 9. The van der Waals surface area contributed by atoms with Crippen molar-refractivity contribution in [1.82, 2.24) is 37.2 Å². The van der Waals surface area contributed by atoms with Crippen LogP contribution in [-0.2, 0) is 109 Å². The standard InChI is InChI=1S/C60H107N7O33/c1-36(71)63-47-53(80)50(77)41(30-68)98-58(47)95-27-24-89-15-12-86-18-21-92-33-44(74)61-10-6-4-8-39(66-46(76)35-94-23-20-88-14-17-91-26-29-97-60-49(65-38(3)73)55(82)52(79)43(32-70)100-60)56(83)67-40(57(84)85)9-5-7-11-62-45(75)34-93-22-19-87-13-16-90-25-28-96-59-48(64-37(2)72)54(81)51(78)42(31-69)99-59/h39-43,47-55,58-60,68-70,77-82H,4-35H2,1-3H3,(H,61,74)(H,62,75)(H,63,71)(H,64,72)(H,65,73)(H,66,76)(H,67,83)(H,84,85)/t39-,40-,41+,42+,43+,47+,48?,49+,50-,51-,52-,53+,54+,55+,58+,59?,60+/m0/s1. The van der Waals surface area contributed by atoms with E-state index in [0.29, 0.717) is 12.8 Å². The number of rotatable bonds is 56. The molecule has 3 heterocycles. The zero-order valence-electron chi connectivity index (χ0n) is 56.8. The van der Waals surface area contributed by atoms with E-state index in [-0.39, 0.29) is 171 Å². The minimum atomic E-state index is -1.47. The molecular formula is C60H107N7O33. The van der Waals surface area contributed by atoms with Crippen LogP contribution in [0.3, 0.4) is 0 Å². The maximum Gasteiger partial charge on any atom is 0.326 e. The summed E-state index contributed by atoms with van der Waals surface area (Å²) >= 11 is 0. The summed E-state index contributed by atoms with van der Waals surface area (Å²) < 4.78 is 82.2. The largest absolute Gasteiger partial charge is 0.480 e. The van der Waals surface area contributed by atoms with Gasteiger partial charge < -0.3 is 159 Å². The topological polar surface area (TPSA) is 562 Å². The van der Waals surface area contributed by atoms with E-state index in [0.717, 1.165) is 0 Å². The molecule has 2 unspecified atom stereocenters. The predicted octanol–water partition coefficient (Wildman–Crippen LogP) is -9.36. The van der Waals surface area contributed by atoms with Gasteiger partial charge in [0.2, 0.25) is 41.4 Å². The second-order valence-electron chi connectivity index (χ2n) is 23.0. The van der Waals surface area contributed by atoms with E-state index in [9.17, 15) is 89.4 Å². The molecule has 0 bridgehead atoms. The number of ether oxygens (including phenoxy) is 15. The Bertz CT molecular complexity index is 2310. The van der Waals surface area contributed by atoms with Gasteiger partial charge in [0, 0.05) is 33.9 Å². The molecule has 3 aliphatic rings. The van der Waals surface area contributed by atoms with Crippen LogP contribution in [0, 0.1) is 0 Å². The molecule has 3 rings (SSSR count). The number of aliphatic hydroxyl groups excluding tert-OH is 9. The average molecular weight is 1450 g/mol. The van der Waals surface area contributed by atoms with Crippen molar-refractivity contribution in [2.75, 3.05) is 172 Å². The van der Waals surface area contributed by atoms with E-state index >= 15 is 0 Å². The third-order valence-corrected chi connectivity index (χ3v) is 15.0. The van der Waals surface area contributed by atoms with Gasteiger partial charge in [-0.1, -0.05) is 0 Å². The Morgan fingerprint density at radius 1 is 0.360 bits per heavy atom. The number of hydrogen-bond donors (Lipinski definition) is 17. The second-order valence-corrected chi connectivity index (χ2v) is 23.0. The zero-order valence-corrected chi connectivity index (χ0v) is 56.8. The number of carbonyl (C=O) groups is 8. The molecular weight excluding hydrogens is 1350 g/mol. The summed E-state index contributed by atoms with van der Waals surface area (Å²) in [6, 6.07) is -5.87. The molecule has 580 valence electrons. The van der Waals surface area contributed by atoms with Crippen molar-refractivity contribution in [3.8, 4) is 0 Å². The van der Waals surface area contributed by atoms with Crippen molar-refractivity contribution >= 4 is 47.3 Å². The highest BCUT2D eigenvalue weighted by Gasteiger charge is 2.48. The number of amides is 7. The van der Waals surface area contributed by atoms with E-state index in [1.807, 2.05) is 0 Å². The molecule has 3 saturated heterocycles. The molecule has 0 saturated carbocycles. The molecule has 7 amide bonds. The first-order valence-corrected chi connectivity index (χ1v) is 33.1. The Labute approximate surface area is 578 Å². The normalized spacial score (nSPS) is 25.8. The number of carboxylic acids is 1. The summed E-state index contributed by atoms with van der Waals surface area (Å²) in [5.41, 5.74) is 0. The molecule has 0 aromatic heterocycles. The molecule has 17 N–H and O–H groups in total. The van der Waals surface area contributed by atoms with E-state index in [1.165, 1.54) is 20.8 Å². The number of carboxylic acid groups (broad SMARTS) is 1. The SMILES string of the molecule is CC(=O)NC1C(OCCOCCOCCOCC(=O)NCCCC[C@H](NC(=O)[C@H](CCCCNC(=O)COCCOCCOCCO[C@@H]2O[C@H](CO)[C@H](O)[C@H](O)[C@H]2NC(C)=O)NC(=O)COCCOCCOCCO[C@@H]2O[C@H](CO)[C@H](O)[C@H](O)[C@H]2NC(C)=O)C(=O)O)O[C@H](CO)[C@H](O)[C@@H]1O. The smallest absolute Gasteiger partial charge is 0.326 e. The van der Waals surface area contributed by atoms with Gasteiger partial charge in [-0.25, -0.2) is 4.79 Å². The summed E-state index contributed by atoms with van der Waals surface area (Å²) in [5.74, 6) is -5.18. The molecule has 0 aromatic rings. The van der Waals surface area contributed by atoms with Gasteiger partial charge in [-0.15, -0.1) is 0 Å². The average Bonchev–Trinajstić information content (AvgIpc) is 0.824. The number of nitrogens with one attached hydrogen (secondary N) is 7. The lowest BCUT2D eigenvalue weighted by atomic mass is 9.97. The van der Waals surface area contributed by atoms with Gasteiger partial charge in [-0.2, -0.15) is 0 Å². The maximum atomic E-state index is 13.6. The van der Waals surface area contributed by atoms with Gasteiger partial charge in [0.15, 0.2) is 18.9 Å². The minimum Gasteiger partial charge on any atom is -0.480 e. The summed E-state index contributed by atoms with van der Waals surface area (Å²) in [6.45, 7) is 2.54. The fourth-order valence-corrected chi connectivity index (χ4v) is 9.86. The molecule has 3 aliphatic heterocycles. The molecule has 0 aromatic carbocycles. The second kappa shape index (κ2) is 52.7. The number of unbranched alkanes of at least 4 members (excludes halogenated alkanes) is 2. The van der Waals surface area contributed by atoms with Crippen LogP contribution in [-0.4, -0.2) is 374 Å². The summed E-state index contributed by atoms with van der Waals surface area (Å²) in [5, 5.41) is 118. The van der Waals surface area contributed by atoms with Crippen LogP contribution >= 0.6 is 0 Å². The Morgan fingerprint density at radius 3 is 0.930 bits per heavy atom. The lowest BCUT2D eigenvalue weighted by Crippen LogP contribution is -2.64. The highest BCUT2D eigenvalue weighted by molar-refractivity contribution is 5.90. The first kappa shape index (κ1) is 89.0. The van der Waals surface area contributed by atoms with Crippen molar-refractivity contribution in [3.63, 3.8) is 0 Å². The molecule has 40 nitrogen and oxygen atoms in total. The fourth-order valence-electron chi connectivity index (χ4n) is 9.86. The van der Waals surface area contributed by atoms with E-state index in [1.54, 1.807) is 0 Å². The summed E-state index contributed by atoms with van der Waals surface area (Å²) in [7, 11) is 0. The predicted molar refractivity (Wildman–Crippen MR) is 337 cm³/mol. The van der Waals surface area contributed by atoms with Crippen LogP contribution in [0.15, 0.2) is 0 Å². The first-order valence-electron chi connectivity index (χ1n) is 33.1. The highest BCUT2D eigenvalue weighted by atomic mass is 16.7. The van der Waals surface area contributed by atoms with Crippen LogP contribution in [0.25, 0.3) is 0 Å². The number of hydrogen-bond acceptors (Lipinski definition) is 32. The molecule has 3 fully saturated rings. The summed E-state index contributed by atoms with van der Waals surface area (Å²) in [6.07, 6.45) is -14.4. The molecule has 17 atom stereocenters. The van der Waals surface area contributed by atoms with Crippen LogP contribution in [0.2, 0.25) is 0 Å². The molecule has 40 heteroatoms. The quantitative estimate of drug-likeness (QED) is 0.0252. The molecule has 0 spiro atoms.